The molecule has 1 aromatic carbocycles. The zero-order valence-electron chi connectivity index (χ0n) is 18.8. The van der Waals surface area contributed by atoms with E-state index in [1.807, 2.05) is 32.0 Å². The summed E-state index contributed by atoms with van der Waals surface area (Å²) in [5.41, 5.74) is 5.51. The minimum absolute atomic E-state index is 0.0363. The molecule has 9 heteroatoms. The first kappa shape index (κ1) is 24.9. The average molecular weight is 445 g/mol. The van der Waals surface area contributed by atoms with Crippen molar-refractivity contribution in [3.8, 4) is 0 Å². The van der Waals surface area contributed by atoms with E-state index in [0.29, 0.717) is 19.4 Å². The van der Waals surface area contributed by atoms with Crippen LogP contribution in [0.3, 0.4) is 0 Å². The van der Waals surface area contributed by atoms with E-state index in [-0.39, 0.29) is 24.5 Å². The van der Waals surface area contributed by atoms with E-state index < -0.39 is 29.7 Å². The van der Waals surface area contributed by atoms with Crippen molar-refractivity contribution >= 4 is 23.4 Å². The van der Waals surface area contributed by atoms with Crippen LogP contribution >= 0.6 is 0 Å². The minimum atomic E-state index is -0.735. The molecule has 174 valence electrons. The topological polar surface area (TPSA) is 127 Å². The van der Waals surface area contributed by atoms with Gasteiger partial charge >= 0.3 is 11.7 Å². The summed E-state index contributed by atoms with van der Waals surface area (Å²) in [4.78, 5) is 53.4. The highest BCUT2D eigenvalue weighted by Crippen LogP contribution is 2.18. The molecule has 1 heterocycles. The first-order valence-corrected chi connectivity index (χ1v) is 11.0. The number of aromatic amines is 1. The Balaban J connectivity index is 2.23. The molecule has 2 rings (SSSR count). The van der Waals surface area contributed by atoms with Crippen molar-refractivity contribution in [1.29, 1.82) is 0 Å². The van der Waals surface area contributed by atoms with Gasteiger partial charge in [0, 0.05) is 13.1 Å². The third-order valence-electron chi connectivity index (χ3n) is 5.05. The summed E-state index contributed by atoms with van der Waals surface area (Å²) in [6, 6.07) is 9.05. The smallest absolute Gasteiger partial charge is 0.330 e. The molecule has 32 heavy (non-hydrogen) atoms. The number of hydrogen-bond donors (Lipinski definition) is 2. The van der Waals surface area contributed by atoms with Crippen molar-refractivity contribution in [3.63, 3.8) is 0 Å². The molecule has 0 saturated heterocycles. The molecule has 0 aliphatic rings. The molecule has 0 aliphatic heterocycles. The Morgan fingerprint density at radius 3 is 2.41 bits per heavy atom. The first-order chi connectivity index (χ1) is 15.4. The van der Waals surface area contributed by atoms with Crippen molar-refractivity contribution in [2.24, 2.45) is 0 Å². The van der Waals surface area contributed by atoms with E-state index in [9.17, 15) is 19.2 Å². The molecular formula is C23H32N4O5. The van der Waals surface area contributed by atoms with Crippen LogP contribution in [0.4, 0.5) is 11.5 Å². The number of rotatable bonds is 12. The quantitative estimate of drug-likeness (QED) is 0.382. The monoisotopic (exact) mass is 444 g/mol. The second-order valence-electron chi connectivity index (χ2n) is 7.57. The third kappa shape index (κ3) is 6.83. The lowest BCUT2D eigenvalue weighted by molar-refractivity contribution is -0.147. The van der Waals surface area contributed by atoms with Crippen LogP contribution in [0.5, 0.6) is 0 Å². The summed E-state index contributed by atoms with van der Waals surface area (Å²) in [5.74, 6) is -1.18. The summed E-state index contributed by atoms with van der Waals surface area (Å²) in [7, 11) is 0. The lowest BCUT2D eigenvalue weighted by atomic mass is 10.2. The number of nitrogen functional groups attached to an aromatic ring is 1. The van der Waals surface area contributed by atoms with E-state index in [1.54, 1.807) is 12.1 Å². The van der Waals surface area contributed by atoms with Crippen LogP contribution in [0.1, 0.15) is 51.5 Å². The van der Waals surface area contributed by atoms with Gasteiger partial charge in [-0.3, -0.25) is 23.9 Å². The molecule has 0 fully saturated rings. The van der Waals surface area contributed by atoms with Gasteiger partial charge in [0.05, 0.1) is 6.42 Å². The summed E-state index contributed by atoms with van der Waals surface area (Å²) in [6.45, 7) is 4.02. The molecule has 0 saturated carbocycles. The third-order valence-corrected chi connectivity index (χ3v) is 5.05. The number of anilines is 2. The Labute approximate surface area is 187 Å². The highest BCUT2D eigenvalue weighted by atomic mass is 16.5. The molecule has 0 atom stereocenters. The van der Waals surface area contributed by atoms with Gasteiger partial charge in [-0.15, -0.1) is 0 Å². The van der Waals surface area contributed by atoms with Crippen LogP contribution in [0.15, 0.2) is 39.9 Å². The second kappa shape index (κ2) is 12.5. The molecule has 0 radical (unpaired) electrons. The summed E-state index contributed by atoms with van der Waals surface area (Å²) >= 11 is 0. The fourth-order valence-corrected chi connectivity index (χ4v) is 3.29. The SMILES string of the molecule is CCCCCN(C(=O)COC(=O)Cc1ccccc1)c1c(N)n(CCCC)c(=O)[nH]c1=O. The normalized spacial score (nSPS) is 10.7. The number of ether oxygens (including phenoxy) is 1. The standard InChI is InChI=1S/C23H32N4O5/c1-3-5-10-14-26(18(28)16-32-19(29)15-17-11-8-7-9-12-17)20-21(24)27(13-6-4-2)23(31)25-22(20)30/h7-9,11-12H,3-6,10,13-16,24H2,1-2H3,(H,25,30,31). The Morgan fingerprint density at radius 1 is 1.06 bits per heavy atom. The summed E-state index contributed by atoms with van der Waals surface area (Å²) in [6.07, 6.45) is 3.94. The molecule has 9 nitrogen and oxygen atoms in total. The van der Waals surface area contributed by atoms with Crippen LogP contribution in [-0.2, 0) is 27.3 Å². The second-order valence-corrected chi connectivity index (χ2v) is 7.57. The number of esters is 1. The van der Waals surface area contributed by atoms with Gasteiger partial charge in [0.2, 0.25) is 0 Å². The Hall–Kier alpha value is -3.36. The number of carbonyl (C=O) groups excluding carboxylic acids is 2. The first-order valence-electron chi connectivity index (χ1n) is 11.0. The predicted octanol–water partition coefficient (Wildman–Crippen LogP) is 2.23. The number of unbranched alkanes of at least 4 members (excludes halogenated alkanes) is 3. The van der Waals surface area contributed by atoms with Crippen molar-refractivity contribution in [3.05, 3.63) is 56.7 Å². The molecule has 0 aliphatic carbocycles. The maximum atomic E-state index is 13.0. The van der Waals surface area contributed by atoms with Gasteiger partial charge in [0.1, 0.15) is 5.82 Å². The predicted molar refractivity (Wildman–Crippen MR) is 124 cm³/mol. The Morgan fingerprint density at radius 2 is 1.75 bits per heavy atom. The fourth-order valence-electron chi connectivity index (χ4n) is 3.29. The number of aromatic nitrogens is 2. The van der Waals surface area contributed by atoms with Crippen LogP contribution in [0.2, 0.25) is 0 Å². The van der Waals surface area contributed by atoms with Gasteiger partial charge < -0.3 is 15.4 Å². The zero-order chi connectivity index (χ0) is 23.5. The highest BCUT2D eigenvalue weighted by molar-refractivity contribution is 5.97. The van der Waals surface area contributed by atoms with Crippen molar-refractivity contribution in [2.45, 2.75) is 58.9 Å². The number of nitrogens with zero attached hydrogens (tertiary/aromatic N) is 2. The summed E-state index contributed by atoms with van der Waals surface area (Å²) in [5, 5.41) is 0. The van der Waals surface area contributed by atoms with E-state index in [1.165, 1.54) is 9.47 Å². The number of H-pyrrole nitrogens is 1. The molecule has 1 aromatic heterocycles. The number of nitrogens with one attached hydrogen (secondary N) is 1. The fraction of sp³-hybridized carbons (Fsp3) is 0.478. The number of carbonyl (C=O) groups is 2. The zero-order valence-corrected chi connectivity index (χ0v) is 18.8. The van der Waals surface area contributed by atoms with Gasteiger partial charge in [0.25, 0.3) is 11.5 Å². The molecule has 2 aromatic rings. The number of nitrogens with two attached hydrogens (primary N) is 1. The lowest BCUT2D eigenvalue weighted by Crippen LogP contribution is -2.43. The highest BCUT2D eigenvalue weighted by Gasteiger charge is 2.25. The lowest BCUT2D eigenvalue weighted by Gasteiger charge is -2.24. The molecule has 0 unspecified atom stereocenters. The van der Waals surface area contributed by atoms with Crippen LogP contribution in [-0.4, -0.2) is 34.6 Å². The van der Waals surface area contributed by atoms with E-state index in [4.69, 9.17) is 10.5 Å². The maximum absolute atomic E-state index is 13.0. The van der Waals surface area contributed by atoms with Crippen LogP contribution in [0, 0.1) is 0 Å². The van der Waals surface area contributed by atoms with E-state index >= 15 is 0 Å². The molecule has 0 spiro atoms. The average Bonchev–Trinajstić information content (AvgIpc) is 2.77. The van der Waals surface area contributed by atoms with E-state index in [2.05, 4.69) is 4.98 Å². The minimum Gasteiger partial charge on any atom is -0.455 e. The van der Waals surface area contributed by atoms with E-state index in [0.717, 1.165) is 24.8 Å². The van der Waals surface area contributed by atoms with Crippen LogP contribution in [0.25, 0.3) is 0 Å². The molecular weight excluding hydrogens is 412 g/mol. The maximum Gasteiger partial charge on any atom is 0.330 e. The van der Waals surface area contributed by atoms with Gasteiger partial charge in [-0.2, -0.15) is 0 Å². The van der Waals surface area contributed by atoms with Gasteiger partial charge in [-0.25, -0.2) is 4.79 Å². The number of hydrogen-bond acceptors (Lipinski definition) is 6. The molecule has 0 bridgehead atoms. The van der Waals surface area contributed by atoms with Gasteiger partial charge in [-0.1, -0.05) is 63.4 Å². The molecule has 3 N–H and O–H groups in total. The largest absolute Gasteiger partial charge is 0.455 e. The molecule has 1 amide bonds. The number of benzene rings is 1. The Kier molecular flexibility index (Phi) is 9.72. The Bertz CT molecular complexity index is 1010. The van der Waals surface area contributed by atoms with Gasteiger partial charge in [0.15, 0.2) is 12.3 Å². The number of amides is 1. The summed E-state index contributed by atoms with van der Waals surface area (Å²) < 4.78 is 6.43. The van der Waals surface area contributed by atoms with Crippen LogP contribution < -0.4 is 21.9 Å². The van der Waals surface area contributed by atoms with Crippen molar-refractivity contribution < 1.29 is 14.3 Å². The van der Waals surface area contributed by atoms with Gasteiger partial charge in [-0.05, 0) is 18.4 Å². The van der Waals surface area contributed by atoms with Crippen molar-refractivity contribution in [1.82, 2.24) is 9.55 Å². The van der Waals surface area contributed by atoms with Crippen molar-refractivity contribution in [2.75, 3.05) is 23.8 Å².